The molecule has 2 aromatic rings. The van der Waals surface area contributed by atoms with Crippen molar-refractivity contribution in [2.75, 3.05) is 55.9 Å². The molecule has 0 spiro atoms. The predicted octanol–water partition coefficient (Wildman–Crippen LogP) is 1.97. The first-order valence-electron chi connectivity index (χ1n) is 9.45. The largest absolute Gasteiger partial charge is 0.378 e. The molecule has 4 rings (SSSR count). The van der Waals surface area contributed by atoms with E-state index in [0.29, 0.717) is 28.9 Å². The number of ether oxygens (including phenoxy) is 1. The van der Waals surface area contributed by atoms with Crippen molar-refractivity contribution in [3.63, 3.8) is 0 Å². The summed E-state index contributed by atoms with van der Waals surface area (Å²) in [6, 6.07) is 2.35. The highest BCUT2D eigenvalue weighted by Crippen LogP contribution is 2.35. The molecule has 1 amide bonds. The molecular weight excluding hydrogens is 408 g/mol. The third-order valence-electron chi connectivity index (χ3n) is 4.97. The van der Waals surface area contributed by atoms with Crippen molar-refractivity contribution in [2.24, 2.45) is 0 Å². The van der Waals surface area contributed by atoms with Crippen molar-refractivity contribution in [3.05, 3.63) is 28.3 Å². The van der Waals surface area contributed by atoms with E-state index in [9.17, 15) is 10.1 Å². The lowest BCUT2D eigenvalue weighted by Gasteiger charge is -2.34. The van der Waals surface area contributed by atoms with E-state index in [2.05, 4.69) is 33.2 Å². The van der Waals surface area contributed by atoms with Gasteiger partial charge >= 0.3 is 0 Å². The number of morpholine rings is 1. The smallest absolute Gasteiger partial charge is 0.236 e. The molecule has 0 atom stereocenters. The Bertz CT molecular complexity index is 922. The van der Waals surface area contributed by atoms with Gasteiger partial charge in [0.15, 0.2) is 5.13 Å². The average Bonchev–Trinajstić information content (AvgIpc) is 3.25. The molecule has 4 heterocycles. The molecule has 0 saturated carbocycles. The number of thiazole rings is 1. The third kappa shape index (κ3) is 4.53. The van der Waals surface area contributed by atoms with E-state index in [4.69, 9.17) is 9.72 Å². The number of carbonyl (C=O) groups excluding carboxylic acids is 1. The molecule has 1 fully saturated rings. The minimum absolute atomic E-state index is 0.152. The lowest BCUT2D eigenvalue weighted by molar-refractivity contribution is -0.113. The van der Waals surface area contributed by atoms with Gasteiger partial charge in [-0.05, 0) is 19.0 Å². The zero-order chi connectivity index (χ0) is 20.2. The third-order valence-corrected chi connectivity index (χ3v) is 6.63. The van der Waals surface area contributed by atoms with Crippen LogP contribution in [0.1, 0.15) is 16.7 Å². The molecule has 1 N–H and O–H groups in total. The lowest BCUT2D eigenvalue weighted by atomic mass is 9.96. The molecular formula is C19H22N6O2S2. The van der Waals surface area contributed by atoms with Gasteiger partial charge < -0.3 is 19.9 Å². The molecule has 0 aromatic carbocycles. The number of rotatable bonds is 5. The molecule has 8 nitrogen and oxygen atoms in total. The van der Waals surface area contributed by atoms with Crippen molar-refractivity contribution in [3.8, 4) is 6.07 Å². The number of carbonyl (C=O) groups is 1. The van der Waals surface area contributed by atoms with Gasteiger partial charge in [0, 0.05) is 43.3 Å². The van der Waals surface area contributed by atoms with E-state index in [1.165, 1.54) is 23.1 Å². The van der Waals surface area contributed by atoms with Gasteiger partial charge in [0.2, 0.25) is 5.91 Å². The highest BCUT2D eigenvalue weighted by atomic mass is 32.2. The van der Waals surface area contributed by atoms with Gasteiger partial charge in [0.05, 0.1) is 24.5 Å². The molecule has 152 valence electrons. The number of amides is 1. The zero-order valence-electron chi connectivity index (χ0n) is 16.2. The standard InChI is InChI=1S/C19H22N6O2S2/c1-24-4-2-13-14(10-20)18(29-12-16(26)22-19-21-3-9-28-19)23-17(15(13)11-24)25-5-7-27-8-6-25/h3,9H,2,4-8,11-12H2,1H3,(H,21,22,26). The Morgan fingerprint density at radius 1 is 1.38 bits per heavy atom. The molecule has 0 aliphatic carbocycles. The molecule has 0 radical (unpaired) electrons. The fourth-order valence-corrected chi connectivity index (χ4v) is 4.91. The van der Waals surface area contributed by atoms with Crippen molar-refractivity contribution < 1.29 is 9.53 Å². The number of nitrogens with zero attached hydrogens (tertiary/aromatic N) is 5. The van der Waals surface area contributed by atoms with Gasteiger partial charge in [-0.15, -0.1) is 11.3 Å². The van der Waals surface area contributed by atoms with Crippen LogP contribution in [-0.4, -0.2) is 66.4 Å². The maximum Gasteiger partial charge on any atom is 0.236 e. The first-order valence-corrected chi connectivity index (χ1v) is 11.3. The second-order valence-electron chi connectivity index (χ2n) is 6.95. The minimum atomic E-state index is -0.152. The van der Waals surface area contributed by atoms with Crippen LogP contribution in [0.3, 0.4) is 0 Å². The number of fused-ring (bicyclic) bond motifs is 1. The molecule has 0 unspecified atom stereocenters. The maximum absolute atomic E-state index is 12.3. The number of nitriles is 1. The number of pyridine rings is 1. The van der Waals surface area contributed by atoms with Crippen LogP contribution in [0.15, 0.2) is 16.6 Å². The van der Waals surface area contributed by atoms with Gasteiger partial charge in [0.25, 0.3) is 0 Å². The second kappa shape index (κ2) is 9.09. The quantitative estimate of drug-likeness (QED) is 0.720. The molecule has 10 heteroatoms. The van der Waals surface area contributed by atoms with Gasteiger partial charge in [-0.1, -0.05) is 11.8 Å². The molecule has 2 aromatic heterocycles. The number of thioether (sulfide) groups is 1. The normalized spacial score (nSPS) is 16.9. The predicted molar refractivity (Wildman–Crippen MR) is 113 cm³/mol. The number of likely N-dealkylation sites (N-methyl/N-ethyl adjacent to an activating group) is 1. The number of anilines is 2. The van der Waals surface area contributed by atoms with Crippen LogP contribution >= 0.6 is 23.1 Å². The van der Waals surface area contributed by atoms with Crippen molar-refractivity contribution in [2.45, 2.75) is 18.0 Å². The molecule has 1 saturated heterocycles. The Kier molecular flexibility index (Phi) is 6.30. The van der Waals surface area contributed by atoms with Gasteiger partial charge in [0.1, 0.15) is 16.9 Å². The number of hydrogen-bond donors (Lipinski definition) is 1. The molecule has 0 bridgehead atoms. The molecule has 29 heavy (non-hydrogen) atoms. The summed E-state index contributed by atoms with van der Waals surface area (Å²) >= 11 is 2.69. The monoisotopic (exact) mass is 430 g/mol. The summed E-state index contributed by atoms with van der Waals surface area (Å²) in [4.78, 5) is 25.7. The van der Waals surface area contributed by atoms with Crippen LogP contribution in [0.25, 0.3) is 0 Å². The highest BCUT2D eigenvalue weighted by molar-refractivity contribution is 8.00. The highest BCUT2D eigenvalue weighted by Gasteiger charge is 2.28. The van der Waals surface area contributed by atoms with Gasteiger partial charge in [-0.3, -0.25) is 4.79 Å². The maximum atomic E-state index is 12.3. The minimum Gasteiger partial charge on any atom is -0.378 e. The summed E-state index contributed by atoms with van der Waals surface area (Å²) in [5.74, 6) is 0.959. The van der Waals surface area contributed by atoms with Crippen molar-refractivity contribution in [1.82, 2.24) is 14.9 Å². The SMILES string of the molecule is CN1CCc2c(C#N)c(SCC(=O)Nc3nccs3)nc(N3CCOCC3)c2C1. The van der Waals surface area contributed by atoms with Crippen LogP contribution in [-0.2, 0) is 22.5 Å². The van der Waals surface area contributed by atoms with Crippen LogP contribution in [0.5, 0.6) is 0 Å². The Morgan fingerprint density at radius 2 is 2.21 bits per heavy atom. The summed E-state index contributed by atoms with van der Waals surface area (Å²) in [5.41, 5.74) is 2.82. The van der Waals surface area contributed by atoms with E-state index in [0.717, 1.165) is 49.5 Å². The summed E-state index contributed by atoms with van der Waals surface area (Å²) in [6.45, 7) is 4.59. The van der Waals surface area contributed by atoms with Crippen molar-refractivity contribution >= 4 is 40.0 Å². The van der Waals surface area contributed by atoms with Gasteiger partial charge in [-0.25, -0.2) is 9.97 Å². The summed E-state index contributed by atoms with van der Waals surface area (Å²) in [6.07, 6.45) is 2.46. The average molecular weight is 431 g/mol. The zero-order valence-corrected chi connectivity index (χ0v) is 17.8. The van der Waals surface area contributed by atoms with Crippen LogP contribution in [0, 0.1) is 11.3 Å². The van der Waals surface area contributed by atoms with Crippen LogP contribution in [0.4, 0.5) is 10.9 Å². The molecule has 2 aliphatic rings. The fraction of sp³-hybridized carbons (Fsp3) is 0.474. The number of aromatic nitrogens is 2. The fourth-order valence-electron chi connectivity index (χ4n) is 3.56. The van der Waals surface area contributed by atoms with Gasteiger partial charge in [-0.2, -0.15) is 5.26 Å². The van der Waals surface area contributed by atoms with Crippen LogP contribution < -0.4 is 10.2 Å². The summed E-state index contributed by atoms with van der Waals surface area (Å²) < 4.78 is 5.50. The summed E-state index contributed by atoms with van der Waals surface area (Å²) in [7, 11) is 2.09. The number of nitrogens with one attached hydrogen (secondary N) is 1. The Labute approximate surface area is 177 Å². The first-order chi connectivity index (χ1) is 14.2. The van der Waals surface area contributed by atoms with E-state index < -0.39 is 0 Å². The Balaban J connectivity index is 1.62. The van der Waals surface area contributed by atoms with Crippen LogP contribution in [0.2, 0.25) is 0 Å². The topological polar surface area (TPSA) is 94.4 Å². The Hall–Kier alpha value is -2.19. The van der Waals surface area contributed by atoms with E-state index >= 15 is 0 Å². The first kappa shape index (κ1) is 20.1. The Morgan fingerprint density at radius 3 is 2.93 bits per heavy atom. The van der Waals surface area contributed by atoms with Crippen molar-refractivity contribution in [1.29, 1.82) is 5.26 Å². The number of hydrogen-bond acceptors (Lipinski definition) is 9. The summed E-state index contributed by atoms with van der Waals surface area (Å²) in [5, 5.41) is 15.7. The lowest BCUT2D eigenvalue weighted by Crippen LogP contribution is -2.39. The van der Waals surface area contributed by atoms with E-state index in [1.807, 2.05) is 5.38 Å². The van der Waals surface area contributed by atoms with E-state index in [1.54, 1.807) is 6.20 Å². The molecule has 2 aliphatic heterocycles. The van der Waals surface area contributed by atoms with E-state index in [-0.39, 0.29) is 11.7 Å². The second-order valence-corrected chi connectivity index (χ2v) is 8.80.